The number of benzene rings is 1. The van der Waals surface area contributed by atoms with Gasteiger partial charge in [0.05, 0.1) is 13.2 Å². The first-order chi connectivity index (χ1) is 7.65. The highest BCUT2D eigenvalue weighted by Crippen LogP contribution is 2.21. The molecular weight excluding hydrogens is 202 g/mol. The van der Waals surface area contributed by atoms with Crippen molar-refractivity contribution in [1.82, 2.24) is 0 Å². The second-order valence-corrected chi connectivity index (χ2v) is 4.48. The molecule has 0 bridgehead atoms. The lowest BCUT2D eigenvalue weighted by atomic mass is 9.92. The van der Waals surface area contributed by atoms with Gasteiger partial charge in [-0.1, -0.05) is 25.1 Å². The largest absolute Gasteiger partial charge is 0.396 e. The Bertz CT molecular complexity index is 296. The molecule has 0 saturated carbocycles. The highest BCUT2D eigenvalue weighted by molar-refractivity contribution is 5.46. The Labute approximate surface area is 97.3 Å². The Balaban J connectivity index is 2.77. The van der Waals surface area contributed by atoms with Gasteiger partial charge in [-0.25, -0.2) is 0 Å². The van der Waals surface area contributed by atoms with E-state index < -0.39 is 5.41 Å². The molecule has 0 aliphatic rings. The maximum atomic E-state index is 9.29. The molecule has 2 N–H and O–H groups in total. The fraction of sp³-hybridized carbons (Fsp3) is 0.538. The monoisotopic (exact) mass is 223 g/mol. The van der Waals surface area contributed by atoms with E-state index in [2.05, 4.69) is 11.8 Å². The second kappa shape index (κ2) is 5.87. The maximum Gasteiger partial charge on any atom is 0.0523 e. The Morgan fingerprint density at radius 3 is 2.12 bits per heavy atom. The normalized spacial score (nSPS) is 11.5. The summed E-state index contributed by atoms with van der Waals surface area (Å²) in [5.74, 6) is 0. The summed E-state index contributed by atoms with van der Waals surface area (Å²) in [6.45, 7) is 5.46. The van der Waals surface area contributed by atoms with E-state index in [1.807, 2.05) is 37.3 Å². The van der Waals surface area contributed by atoms with Crippen LogP contribution in [-0.2, 0) is 0 Å². The Morgan fingerprint density at radius 2 is 1.69 bits per heavy atom. The number of aliphatic hydroxyl groups is 2. The summed E-state index contributed by atoms with van der Waals surface area (Å²) in [6.07, 6.45) is 0. The van der Waals surface area contributed by atoms with Gasteiger partial charge in [0.2, 0.25) is 0 Å². The summed E-state index contributed by atoms with van der Waals surface area (Å²) in [5, 5.41) is 18.6. The van der Waals surface area contributed by atoms with Crippen molar-refractivity contribution < 1.29 is 10.2 Å². The summed E-state index contributed by atoms with van der Waals surface area (Å²) >= 11 is 0. The zero-order chi connectivity index (χ0) is 12.0. The molecule has 0 aliphatic carbocycles. The lowest BCUT2D eigenvalue weighted by Crippen LogP contribution is -2.40. The molecule has 16 heavy (non-hydrogen) atoms. The lowest BCUT2D eigenvalue weighted by molar-refractivity contribution is 0.0755. The molecule has 0 unspecified atom stereocenters. The van der Waals surface area contributed by atoms with Crippen LogP contribution in [0.25, 0.3) is 0 Å². The van der Waals surface area contributed by atoms with Gasteiger partial charge in [0.15, 0.2) is 0 Å². The zero-order valence-corrected chi connectivity index (χ0v) is 10.1. The lowest BCUT2D eigenvalue weighted by Gasteiger charge is -2.33. The number of nitrogens with zero attached hydrogens (tertiary/aromatic N) is 1. The third-order valence-electron chi connectivity index (χ3n) is 2.84. The molecule has 0 radical (unpaired) electrons. The van der Waals surface area contributed by atoms with Crippen LogP contribution in [0.4, 0.5) is 5.69 Å². The third-order valence-corrected chi connectivity index (χ3v) is 2.84. The van der Waals surface area contributed by atoms with E-state index in [0.29, 0.717) is 6.54 Å². The van der Waals surface area contributed by atoms with E-state index >= 15 is 0 Å². The molecule has 1 aromatic carbocycles. The van der Waals surface area contributed by atoms with E-state index in [1.54, 1.807) is 0 Å². The average Bonchev–Trinajstić information content (AvgIpc) is 2.36. The maximum absolute atomic E-state index is 9.29. The smallest absolute Gasteiger partial charge is 0.0523 e. The number of hydrogen-bond donors (Lipinski definition) is 2. The van der Waals surface area contributed by atoms with Crippen molar-refractivity contribution >= 4 is 5.69 Å². The summed E-state index contributed by atoms with van der Waals surface area (Å²) in [6, 6.07) is 10.0. The third kappa shape index (κ3) is 3.22. The molecule has 3 heteroatoms. The first kappa shape index (κ1) is 13.0. The molecule has 1 rings (SSSR count). The first-order valence-corrected chi connectivity index (χ1v) is 5.67. The summed E-state index contributed by atoms with van der Waals surface area (Å²) < 4.78 is 0. The van der Waals surface area contributed by atoms with Gasteiger partial charge in [0.1, 0.15) is 0 Å². The molecule has 90 valence electrons. The van der Waals surface area contributed by atoms with Crippen LogP contribution >= 0.6 is 0 Å². The molecule has 0 atom stereocenters. The fourth-order valence-electron chi connectivity index (χ4n) is 1.64. The molecule has 0 spiro atoms. The van der Waals surface area contributed by atoms with E-state index in [-0.39, 0.29) is 13.2 Å². The van der Waals surface area contributed by atoms with Gasteiger partial charge in [0, 0.05) is 24.2 Å². The Hall–Kier alpha value is -1.06. The van der Waals surface area contributed by atoms with Crippen LogP contribution in [0.5, 0.6) is 0 Å². The number of hydrogen-bond acceptors (Lipinski definition) is 3. The highest BCUT2D eigenvalue weighted by Gasteiger charge is 2.25. The minimum absolute atomic E-state index is 0.00711. The van der Waals surface area contributed by atoms with E-state index in [1.165, 1.54) is 0 Å². The molecule has 0 amide bonds. The van der Waals surface area contributed by atoms with Gasteiger partial charge in [-0.2, -0.15) is 0 Å². The average molecular weight is 223 g/mol. The predicted octanol–water partition coefficient (Wildman–Crippen LogP) is 1.50. The second-order valence-electron chi connectivity index (χ2n) is 4.48. The minimum Gasteiger partial charge on any atom is -0.396 e. The summed E-state index contributed by atoms with van der Waals surface area (Å²) in [5.41, 5.74) is 0.671. The van der Waals surface area contributed by atoms with Crippen LogP contribution in [0.3, 0.4) is 0 Å². The van der Waals surface area contributed by atoms with Crippen LogP contribution < -0.4 is 4.90 Å². The van der Waals surface area contributed by atoms with Crippen LogP contribution in [0.2, 0.25) is 0 Å². The van der Waals surface area contributed by atoms with Crippen molar-refractivity contribution in [2.24, 2.45) is 5.41 Å². The molecule has 1 aromatic rings. The van der Waals surface area contributed by atoms with Crippen molar-refractivity contribution in [1.29, 1.82) is 0 Å². The van der Waals surface area contributed by atoms with Gasteiger partial charge in [-0.15, -0.1) is 0 Å². The first-order valence-electron chi connectivity index (χ1n) is 5.67. The van der Waals surface area contributed by atoms with Gasteiger partial charge in [-0.3, -0.25) is 0 Å². The quantitative estimate of drug-likeness (QED) is 0.768. The van der Waals surface area contributed by atoms with Gasteiger partial charge in [0.25, 0.3) is 0 Å². The molecule has 0 fully saturated rings. The highest BCUT2D eigenvalue weighted by atomic mass is 16.3. The van der Waals surface area contributed by atoms with Crippen LogP contribution in [-0.4, -0.2) is 36.5 Å². The number of aliphatic hydroxyl groups excluding tert-OH is 2. The van der Waals surface area contributed by atoms with E-state index in [9.17, 15) is 10.2 Å². The topological polar surface area (TPSA) is 43.7 Å². The summed E-state index contributed by atoms with van der Waals surface area (Å²) in [4.78, 5) is 2.16. The van der Waals surface area contributed by atoms with Gasteiger partial charge >= 0.3 is 0 Å². The van der Waals surface area contributed by atoms with E-state index in [0.717, 1.165) is 12.2 Å². The van der Waals surface area contributed by atoms with Gasteiger partial charge < -0.3 is 15.1 Å². The van der Waals surface area contributed by atoms with Gasteiger partial charge in [-0.05, 0) is 19.1 Å². The fourth-order valence-corrected chi connectivity index (χ4v) is 1.64. The summed E-state index contributed by atoms with van der Waals surface area (Å²) in [7, 11) is 0. The van der Waals surface area contributed by atoms with Crippen LogP contribution in [0, 0.1) is 5.41 Å². The Morgan fingerprint density at radius 1 is 1.12 bits per heavy atom. The van der Waals surface area contributed by atoms with E-state index in [4.69, 9.17) is 0 Å². The Kier molecular flexibility index (Phi) is 4.77. The number of anilines is 1. The standard InChI is InChI=1S/C13H21NO2/c1-3-14(9-13(2,10-15)11-16)12-7-5-4-6-8-12/h4-8,15-16H,3,9-11H2,1-2H3. The number of para-hydroxylation sites is 1. The SMILES string of the molecule is CCN(CC(C)(CO)CO)c1ccccc1. The molecule has 3 nitrogen and oxygen atoms in total. The molecule has 0 saturated heterocycles. The molecule has 0 aromatic heterocycles. The van der Waals surface area contributed by atoms with Crippen LogP contribution in [0.1, 0.15) is 13.8 Å². The van der Waals surface area contributed by atoms with Crippen molar-refractivity contribution in [3.05, 3.63) is 30.3 Å². The van der Waals surface area contributed by atoms with Crippen molar-refractivity contribution in [2.75, 3.05) is 31.2 Å². The zero-order valence-electron chi connectivity index (χ0n) is 10.1. The minimum atomic E-state index is -0.453. The number of rotatable bonds is 6. The van der Waals surface area contributed by atoms with Crippen molar-refractivity contribution in [3.63, 3.8) is 0 Å². The molecule has 0 heterocycles. The molecular formula is C13H21NO2. The van der Waals surface area contributed by atoms with Crippen LogP contribution in [0.15, 0.2) is 30.3 Å². The predicted molar refractivity (Wildman–Crippen MR) is 66.6 cm³/mol. The van der Waals surface area contributed by atoms with Crippen molar-refractivity contribution in [2.45, 2.75) is 13.8 Å². The van der Waals surface area contributed by atoms with Crippen molar-refractivity contribution in [3.8, 4) is 0 Å². The molecule has 0 aliphatic heterocycles.